The van der Waals surface area contributed by atoms with Crippen LogP contribution < -0.4 is 10.2 Å². The van der Waals surface area contributed by atoms with Crippen LogP contribution in [0.1, 0.15) is 25.3 Å². The van der Waals surface area contributed by atoms with Gasteiger partial charge in [0.1, 0.15) is 5.82 Å². The van der Waals surface area contributed by atoms with Crippen LogP contribution in [0.15, 0.2) is 18.3 Å². The Labute approximate surface area is 125 Å². The molecule has 1 N–H and O–H groups in total. The Morgan fingerprint density at radius 2 is 2.10 bits per heavy atom. The number of hydrogen-bond donors (Lipinski definition) is 1. The summed E-state index contributed by atoms with van der Waals surface area (Å²) in [6.45, 7) is 4.07. The van der Waals surface area contributed by atoms with Crippen molar-refractivity contribution in [1.82, 2.24) is 15.2 Å². The molecule has 0 unspecified atom stereocenters. The molecular weight excluding hydrogens is 268 g/mol. The van der Waals surface area contributed by atoms with Crippen molar-refractivity contribution in [2.24, 2.45) is 0 Å². The van der Waals surface area contributed by atoms with Gasteiger partial charge in [-0.3, -0.25) is 9.59 Å². The van der Waals surface area contributed by atoms with E-state index in [9.17, 15) is 9.59 Å². The van der Waals surface area contributed by atoms with Crippen LogP contribution in [0.2, 0.25) is 0 Å². The molecule has 0 radical (unpaired) electrons. The molecule has 2 heterocycles. The first-order valence-corrected chi connectivity index (χ1v) is 7.24. The van der Waals surface area contributed by atoms with E-state index in [1.54, 1.807) is 13.2 Å². The second-order valence-corrected chi connectivity index (χ2v) is 5.37. The minimum absolute atomic E-state index is 0.0827. The molecule has 0 aromatic carbocycles. The minimum Gasteiger partial charge on any atom is -0.357 e. The molecule has 1 fully saturated rings. The summed E-state index contributed by atoms with van der Waals surface area (Å²) in [6.07, 6.45) is 4.19. The van der Waals surface area contributed by atoms with Gasteiger partial charge in [0.25, 0.3) is 0 Å². The van der Waals surface area contributed by atoms with E-state index in [4.69, 9.17) is 0 Å². The molecule has 1 saturated heterocycles. The maximum atomic E-state index is 11.7. The fourth-order valence-corrected chi connectivity index (χ4v) is 2.27. The predicted molar refractivity (Wildman–Crippen MR) is 80.8 cm³/mol. The van der Waals surface area contributed by atoms with E-state index in [1.807, 2.05) is 12.1 Å². The first-order chi connectivity index (χ1) is 10.1. The van der Waals surface area contributed by atoms with Crippen LogP contribution in [-0.2, 0) is 16.1 Å². The van der Waals surface area contributed by atoms with Gasteiger partial charge in [-0.2, -0.15) is 0 Å². The van der Waals surface area contributed by atoms with Gasteiger partial charge in [-0.1, -0.05) is 0 Å². The number of rotatable bonds is 5. The van der Waals surface area contributed by atoms with Gasteiger partial charge in [-0.05, 0) is 30.5 Å². The van der Waals surface area contributed by atoms with Crippen LogP contribution >= 0.6 is 0 Å². The first kappa shape index (κ1) is 15.3. The number of nitrogens with zero attached hydrogens (tertiary/aromatic N) is 3. The molecule has 2 rings (SSSR count). The third-order valence-corrected chi connectivity index (χ3v) is 3.65. The first-order valence-electron chi connectivity index (χ1n) is 7.24. The fourth-order valence-electron chi connectivity index (χ4n) is 2.27. The van der Waals surface area contributed by atoms with Crippen molar-refractivity contribution >= 4 is 17.6 Å². The van der Waals surface area contributed by atoms with Crippen molar-refractivity contribution in [2.75, 3.05) is 31.6 Å². The normalized spacial score (nSPS) is 14.1. The van der Waals surface area contributed by atoms with E-state index in [2.05, 4.69) is 15.2 Å². The summed E-state index contributed by atoms with van der Waals surface area (Å²) in [5.41, 5.74) is 1.02. The molecule has 0 saturated carbocycles. The summed E-state index contributed by atoms with van der Waals surface area (Å²) in [5.74, 6) is 0.692. The maximum absolute atomic E-state index is 11.7. The summed E-state index contributed by atoms with van der Waals surface area (Å²) >= 11 is 0. The monoisotopic (exact) mass is 290 g/mol. The van der Waals surface area contributed by atoms with Crippen molar-refractivity contribution in [2.45, 2.75) is 26.3 Å². The number of likely N-dealkylation sites (N-methyl/N-ethyl adjacent to an activating group) is 1. The van der Waals surface area contributed by atoms with E-state index in [1.165, 1.54) is 24.7 Å². The molecule has 1 aliphatic rings. The maximum Gasteiger partial charge on any atom is 0.239 e. The molecule has 114 valence electrons. The van der Waals surface area contributed by atoms with E-state index in [-0.39, 0.29) is 18.4 Å². The summed E-state index contributed by atoms with van der Waals surface area (Å²) < 4.78 is 0. The largest absolute Gasteiger partial charge is 0.357 e. The van der Waals surface area contributed by atoms with Crippen molar-refractivity contribution in [3.05, 3.63) is 23.9 Å². The summed E-state index contributed by atoms with van der Waals surface area (Å²) in [4.78, 5) is 30.8. The summed E-state index contributed by atoms with van der Waals surface area (Å²) in [7, 11) is 1.61. The number of hydrogen-bond acceptors (Lipinski definition) is 4. The Hall–Kier alpha value is -2.11. The average molecular weight is 290 g/mol. The third kappa shape index (κ3) is 4.44. The lowest BCUT2D eigenvalue weighted by molar-refractivity contribution is -0.133. The van der Waals surface area contributed by atoms with Gasteiger partial charge in [0.05, 0.1) is 6.54 Å². The van der Waals surface area contributed by atoms with Gasteiger partial charge in [0.15, 0.2) is 0 Å². The van der Waals surface area contributed by atoms with Gasteiger partial charge < -0.3 is 15.1 Å². The van der Waals surface area contributed by atoms with Crippen molar-refractivity contribution in [3.63, 3.8) is 0 Å². The van der Waals surface area contributed by atoms with Crippen LogP contribution in [0, 0.1) is 0 Å². The van der Waals surface area contributed by atoms with Gasteiger partial charge in [0.2, 0.25) is 11.8 Å². The highest BCUT2D eigenvalue weighted by atomic mass is 16.2. The molecule has 0 atom stereocenters. The highest BCUT2D eigenvalue weighted by molar-refractivity contribution is 5.83. The third-order valence-electron chi connectivity index (χ3n) is 3.65. The molecule has 21 heavy (non-hydrogen) atoms. The van der Waals surface area contributed by atoms with Crippen molar-refractivity contribution < 1.29 is 9.59 Å². The lowest BCUT2D eigenvalue weighted by atomic mass is 10.2. The van der Waals surface area contributed by atoms with E-state index >= 15 is 0 Å². The quantitative estimate of drug-likeness (QED) is 0.870. The van der Waals surface area contributed by atoms with Crippen molar-refractivity contribution in [1.29, 1.82) is 0 Å². The lowest BCUT2D eigenvalue weighted by Gasteiger charge is -2.17. The number of amides is 2. The fraction of sp³-hybridized carbons (Fsp3) is 0.533. The Balaban J connectivity index is 1.86. The van der Waals surface area contributed by atoms with E-state index in [0.29, 0.717) is 6.54 Å². The molecule has 0 bridgehead atoms. The second kappa shape index (κ2) is 7.06. The van der Waals surface area contributed by atoms with Gasteiger partial charge in [-0.15, -0.1) is 0 Å². The van der Waals surface area contributed by atoms with E-state index < -0.39 is 0 Å². The number of nitrogens with one attached hydrogen (secondary N) is 1. The Morgan fingerprint density at radius 3 is 2.76 bits per heavy atom. The number of anilines is 1. The van der Waals surface area contributed by atoms with Crippen LogP contribution in [0.25, 0.3) is 0 Å². The highest BCUT2D eigenvalue weighted by Gasteiger charge is 2.14. The smallest absolute Gasteiger partial charge is 0.239 e. The SMILES string of the molecule is CC(=O)N(C)CC(=O)NCc1ccnc(N2CCCC2)c1. The second-order valence-electron chi connectivity index (χ2n) is 5.37. The summed E-state index contributed by atoms with van der Waals surface area (Å²) in [6, 6.07) is 3.91. The molecule has 6 nitrogen and oxygen atoms in total. The number of pyridine rings is 1. The van der Waals surface area contributed by atoms with Crippen LogP contribution in [0.3, 0.4) is 0 Å². The molecule has 6 heteroatoms. The molecule has 0 aliphatic carbocycles. The van der Waals surface area contributed by atoms with Crippen LogP contribution in [0.5, 0.6) is 0 Å². The molecule has 1 aromatic rings. The molecule has 1 aromatic heterocycles. The molecule has 2 amide bonds. The Bertz CT molecular complexity index is 512. The topological polar surface area (TPSA) is 65.5 Å². The zero-order valence-electron chi connectivity index (χ0n) is 12.6. The van der Waals surface area contributed by atoms with Gasteiger partial charge in [0, 0.05) is 39.8 Å². The van der Waals surface area contributed by atoms with Crippen LogP contribution in [-0.4, -0.2) is 48.4 Å². The Kier molecular flexibility index (Phi) is 5.14. The van der Waals surface area contributed by atoms with Gasteiger partial charge >= 0.3 is 0 Å². The summed E-state index contributed by atoms with van der Waals surface area (Å²) in [5, 5.41) is 2.82. The minimum atomic E-state index is -0.160. The number of carbonyl (C=O) groups excluding carboxylic acids is 2. The molecule has 0 spiro atoms. The highest BCUT2D eigenvalue weighted by Crippen LogP contribution is 2.18. The zero-order chi connectivity index (χ0) is 15.2. The average Bonchev–Trinajstić information content (AvgIpc) is 2.99. The van der Waals surface area contributed by atoms with Crippen LogP contribution in [0.4, 0.5) is 5.82 Å². The molecule has 1 aliphatic heterocycles. The van der Waals surface area contributed by atoms with Crippen molar-refractivity contribution in [3.8, 4) is 0 Å². The predicted octanol–water partition coefficient (Wildman–Crippen LogP) is 0.776. The number of carbonyl (C=O) groups is 2. The lowest BCUT2D eigenvalue weighted by Crippen LogP contribution is -2.37. The standard InChI is InChI=1S/C15H22N4O2/c1-12(20)18(2)11-15(21)17-10-13-5-6-16-14(9-13)19-7-3-4-8-19/h5-6,9H,3-4,7-8,10-11H2,1-2H3,(H,17,21). The van der Waals surface area contributed by atoms with E-state index in [0.717, 1.165) is 24.5 Å². The molecular formula is C15H22N4O2. The van der Waals surface area contributed by atoms with Gasteiger partial charge in [-0.25, -0.2) is 4.98 Å². The zero-order valence-corrected chi connectivity index (χ0v) is 12.6. The number of aromatic nitrogens is 1. The Morgan fingerprint density at radius 1 is 1.38 bits per heavy atom.